The van der Waals surface area contributed by atoms with E-state index in [0.29, 0.717) is 32.4 Å². The molecular formula is C27H32N2O5. The Kier molecular flexibility index (Phi) is 7.50. The molecule has 0 spiro atoms. The predicted molar refractivity (Wildman–Crippen MR) is 128 cm³/mol. The van der Waals surface area contributed by atoms with Crippen molar-refractivity contribution in [3.05, 3.63) is 59.7 Å². The molecule has 34 heavy (non-hydrogen) atoms. The molecule has 2 amide bonds. The number of unbranched alkanes of at least 4 members (excludes halogenated alkanes) is 1. The zero-order valence-electron chi connectivity index (χ0n) is 19.5. The zero-order valence-corrected chi connectivity index (χ0v) is 19.5. The number of piperidine rings is 1. The van der Waals surface area contributed by atoms with Crippen molar-refractivity contribution in [3.63, 3.8) is 0 Å². The lowest BCUT2D eigenvalue weighted by atomic mass is 9.96. The van der Waals surface area contributed by atoms with E-state index >= 15 is 0 Å². The van der Waals surface area contributed by atoms with Gasteiger partial charge in [0.05, 0.1) is 5.92 Å². The van der Waals surface area contributed by atoms with Gasteiger partial charge in [-0.1, -0.05) is 68.3 Å². The van der Waals surface area contributed by atoms with Gasteiger partial charge in [0.15, 0.2) is 0 Å². The SMILES string of the molecule is CCCCC(NC(=O)OCC1c2ccccc2-c2ccccc21)C(=O)N1CCC(C(=O)O)CC1. The summed E-state index contributed by atoms with van der Waals surface area (Å²) in [5.41, 5.74) is 4.59. The molecule has 1 aliphatic heterocycles. The lowest BCUT2D eigenvalue weighted by Crippen LogP contribution is -2.51. The minimum atomic E-state index is -0.814. The highest BCUT2D eigenvalue weighted by Gasteiger charge is 2.32. The quantitative estimate of drug-likeness (QED) is 0.603. The number of nitrogens with zero attached hydrogens (tertiary/aromatic N) is 1. The summed E-state index contributed by atoms with van der Waals surface area (Å²) >= 11 is 0. The monoisotopic (exact) mass is 464 g/mol. The van der Waals surface area contributed by atoms with Gasteiger partial charge in [0.1, 0.15) is 12.6 Å². The van der Waals surface area contributed by atoms with E-state index in [1.165, 1.54) is 0 Å². The normalized spacial score (nSPS) is 16.4. The van der Waals surface area contributed by atoms with Crippen molar-refractivity contribution in [2.24, 2.45) is 5.92 Å². The maximum atomic E-state index is 13.1. The smallest absolute Gasteiger partial charge is 0.407 e. The molecule has 2 aliphatic rings. The van der Waals surface area contributed by atoms with Crippen molar-refractivity contribution in [1.29, 1.82) is 0 Å². The number of alkyl carbamates (subject to hydrolysis) is 1. The molecule has 7 nitrogen and oxygen atoms in total. The predicted octanol–water partition coefficient (Wildman–Crippen LogP) is 4.41. The number of carbonyl (C=O) groups excluding carboxylic acids is 2. The van der Waals surface area contributed by atoms with Crippen LogP contribution in [0, 0.1) is 5.92 Å². The summed E-state index contributed by atoms with van der Waals surface area (Å²) in [6.45, 7) is 3.02. The second-order valence-electron chi connectivity index (χ2n) is 9.10. The Morgan fingerprint density at radius 2 is 1.62 bits per heavy atom. The highest BCUT2D eigenvalue weighted by molar-refractivity contribution is 5.86. The number of aliphatic carboxylic acids is 1. The number of carboxylic acid groups (broad SMARTS) is 1. The molecule has 1 heterocycles. The Hall–Kier alpha value is -3.35. The third-order valence-electron chi connectivity index (χ3n) is 6.94. The van der Waals surface area contributed by atoms with Crippen LogP contribution in [-0.4, -0.2) is 53.7 Å². The highest BCUT2D eigenvalue weighted by atomic mass is 16.5. The van der Waals surface area contributed by atoms with Gasteiger partial charge in [-0.3, -0.25) is 9.59 Å². The topological polar surface area (TPSA) is 95.9 Å². The number of benzene rings is 2. The molecule has 0 saturated carbocycles. The fourth-order valence-electron chi connectivity index (χ4n) is 5.02. The van der Waals surface area contributed by atoms with Crippen LogP contribution >= 0.6 is 0 Å². The van der Waals surface area contributed by atoms with Gasteiger partial charge in [0, 0.05) is 19.0 Å². The van der Waals surface area contributed by atoms with Gasteiger partial charge in [-0.2, -0.15) is 0 Å². The summed E-state index contributed by atoms with van der Waals surface area (Å²) in [6, 6.07) is 15.6. The number of nitrogens with one attached hydrogen (secondary N) is 1. The average molecular weight is 465 g/mol. The summed E-state index contributed by atoms with van der Waals surface area (Å²) < 4.78 is 5.64. The number of fused-ring (bicyclic) bond motifs is 3. The second kappa shape index (κ2) is 10.7. The van der Waals surface area contributed by atoms with E-state index < -0.39 is 24.0 Å². The minimum Gasteiger partial charge on any atom is -0.481 e. The van der Waals surface area contributed by atoms with Gasteiger partial charge >= 0.3 is 12.1 Å². The summed E-state index contributed by atoms with van der Waals surface area (Å²) in [5.74, 6) is -1.43. The summed E-state index contributed by atoms with van der Waals surface area (Å²) in [4.78, 5) is 38.7. The number of hydrogen-bond acceptors (Lipinski definition) is 4. The van der Waals surface area contributed by atoms with Crippen LogP contribution in [0.2, 0.25) is 0 Å². The first-order chi connectivity index (χ1) is 16.5. The van der Waals surface area contributed by atoms with Gasteiger partial charge < -0.3 is 20.1 Å². The molecule has 7 heteroatoms. The van der Waals surface area contributed by atoms with Crippen LogP contribution in [-0.2, 0) is 14.3 Å². The van der Waals surface area contributed by atoms with Crippen molar-refractivity contribution >= 4 is 18.0 Å². The molecule has 0 radical (unpaired) electrons. The molecule has 2 N–H and O–H groups in total. The van der Waals surface area contributed by atoms with Gasteiger partial charge in [0.2, 0.25) is 5.91 Å². The number of hydrogen-bond donors (Lipinski definition) is 2. The molecule has 2 aromatic carbocycles. The molecule has 1 atom stereocenters. The maximum absolute atomic E-state index is 13.1. The highest BCUT2D eigenvalue weighted by Crippen LogP contribution is 2.44. The molecule has 1 saturated heterocycles. The minimum absolute atomic E-state index is 0.0435. The van der Waals surface area contributed by atoms with Crippen molar-refractivity contribution < 1.29 is 24.2 Å². The van der Waals surface area contributed by atoms with Crippen LogP contribution in [0.25, 0.3) is 11.1 Å². The van der Waals surface area contributed by atoms with E-state index in [-0.39, 0.29) is 18.4 Å². The lowest BCUT2D eigenvalue weighted by molar-refractivity contribution is -0.146. The fraction of sp³-hybridized carbons (Fsp3) is 0.444. The third-order valence-corrected chi connectivity index (χ3v) is 6.94. The van der Waals surface area contributed by atoms with Gasteiger partial charge in [-0.15, -0.1) is 0 Å². The van der Waals surface area contributed by atoms with Crippen LogP contribution < -0.4 is 5.32 Å². The largest absolute Gasteiger partial charge is 0.481 e. The van der Waals surface area contributed by atoms with Crippen LogP contribution in [0.1, 0.15) is 56.1 Å². The molecule has 4 rings (SSSR count). The Labute approximate surface area is 200 Å². The van der Waals surface area contributed by atoms with Crippen molar-refractivity contribution in [2.75, 3.05) is 19.7 Å². The van der Waals surface area contributed by atoms with Crippen molar-refractivity contribution in [3.8, 4) is 11.1 Å². The van der Waals surface area contributed by atoms with Gasteiger partial charge in [-0.05, 0) is 41.5 Å². The van der Waals surface area contributed by atoms with Gasteiger partial charge in [0.25, 0.3) is 0 Å². The lowest BCUT2D eigenvalue weighted by Gasteiger charge is -2.33. The van der Waals surface area contributed by atoms with E-state index in [2.05, 4.69) is 29.6 Å². The van der Waals surface area contributed by atoms with Crippen LogP contribution in [0.15, 0.2) is 48.5 Å². The second-order valence-corrected chi connectivity index (χ2v) is 9.10. The third kappa shape index (κ3) is 5.08. The zero-order chi connectivity index (χ0) is 24.1. The van der Waals surface area contributed by atoms with Crippen LogP contribution in [0.5, 0.6) is 0 Å². The Morgan fingerprint density at radius 3 is 2.18 bits per heavy atom. The number of rotatable bonds is 8. The van der Waals surface area contributed by atoms with Crippen LogP contribution in [0.3, 0.4) is 0 Å². The average Bonchev–Trinajstić information content (AvgIpc) is 3.18. The standard InChI is InChI=1S/C27H32N2O5/c1-2-3-12-24(25(30)29-15-13-18(14-16-29)26(31)32)28-27(33)34-17-23-21-10-6-4-8-19(21)20-9-5-7-11-22(20)23/h4-11,18,23-24H,2-3,12-17H2,1H3,(H,28,33)(H,31,32). The molecule has 1 aliphatic carbocycles. The molecule has 2 aromatic rings. The summed E-state index contributed by atoms with van der Waals surface area (Å²) in [6.07, 6.45) is 2.50. The first-order valence-corrected chi connectivity index (χ1v) is 12.1. The number of carboxylic acids is 1. The van der Waals surface area contributed by atoms with E-state index in [1.54, 1.807) is 4.90 Å². The van der Waals surface area contributed by atoms with E-state index in [1.807, 2.05) is 31.2 Å². The molecule has 0 bridgehead atoms. The van der Waals surface area contributed by atoms with Crippen molar-refractivity contribution in [1.82, 2.24) is 10.2 Å². The Balaban J connectivity index is 1.38. The van der Waals surface area contributed by atoms with Crippen molar-refractivity contribution in [2.45, 2.75) is 51.0 Å². The number of amides is 2. The first kappa shape index (κ1) is 23.8. The number of ether oxygens (including phenoxy) is 1. The Morgan fingerprint density at radius 1 is 1.03 bits per heavy atom. The van der Waals surface area contributed by atoms with E-state index in [4.69, 9.17) is 4.74 Å². The first-order valence-electron chi connectivity index (χ1n) is 12.1. The fourth-order valence-corrected chi connectivity index (χ4v) is 5.02. The molecular weight excluding hydrogens is 432 g/mol. The molecule has 180 valence electrons. The Bertz CT molecular complexity index is 999. The summed E-state index contributed by atoms with van der Waals surface area (Å²) in [5, 5.41) is 12.0. The summed E-state index contributed by atoms with van der Waals surface area (Å²) in [7, 11) is 0. The van der Waals surface area contributed by atoms with Crippen LogP contribution in [0.4, 0.5) is 4.79 Å². The molecule has 1 fully saturated rings. The number of likely N-dealkylation sites (tertiary alicyclic amines) is 1. The number of carbonyl (C=O) groups is 3. The molecule has 0 aromatic heterocycles. The maximum Gasteiger partial charge on any atom is 0.407 e. The van der Waals surface area contributed by atoms with Gasteiger partial charge in [-0.25, -0.2) is 4.79 Å². The van der Waals surface area contributed by atoms with E-state index in [0.717, 1.165) is 35.1 Å². The molecule has 1 unspecified atom stereocenters. The van der Waals surface area contributed by atoms with E-state index in [9.17, 15) is 19.5 Å².